The molecule has 1 aliphatic carbocycles. The van der Waals surface area contributed by atoms with Crippen molar-refractivity contribution < 1.29 is 29.1 Å². The van der Waals surface area contributed by atoms with Crippen molar-refractivity contribution in [2.24, 2.45) is 5.41 Å². The Morgan fingerprint density at radius 3 is 2.26 bits per heavy atom. The summed E-state index contributed by atoms with van der Waals surface area (Å²) in [6, 6.07) is 12.2. The maximum atomic E-state index is 14.1. The van der Waals surface area contributed by atoms with Crippen LogP contribution >= 0.6 is 11.3 Å². The fourth-order valence-electron chi connectivity index (χ4n) is 10.1. The van der Waals surface area contributed by atoms with E-state index in [0.717, 1.165) is 83.4 Å². The topological polar surface area (TPSA) is 211 Å². The Labute approximate surface area is 426 Å². The normalized spacial score (nSPS) is 17.8. The fourth-order valence-corrected chi connectivity index (χ4v) is 10.9. The van der Waals surface area contributed by atoms with Crippen molar-refractivity contribution in [3.05, 3.63) is 77.3 Å². The summed E-state index contributed by atoms with van der Waals surface area (Å²) >= 11 is 1.58. The Balaban J connectivity index is 0.737. The van der Waals surface area contributed by atoms with Gasteiger partial charge in [0.15, 0.2) is 0 Å². The molecule has 3 atom stereocenters. The van der Waals surface area contributed by atoms with Gasteiger partial charge in [0.2, 0.25) is 29.6 Å². The molecule has 3 aliphatic rings. The summed E-state index contributed by atoms with van der Waals surface area (Å²) in [7, 11) is 3.53. The van der Waals surface area contributed by atoms with Crippen LogP contribution in [0.4, 0.5) is 17.5 Å². The molecule has 1 saturated carbocycles. The lowest BCUT2D eigenvalue weighted by molar-refractivity contribution is -0.144. The van der Waals surface area contributed by atoms with Gasteiger partial charge in [-0.1, -0.05) is 70.7 Å². The molecular weight excluding hydrogens is 933 g/mol. The number of anilines is 3. The van der Waals surface area contributed by atoms with Crippen LogP contribution in [0.3, 0.4) is 0 Å². The first kappa shape index (κ1) is 51.9. The van der Waals surface area contributed by atoms with E-state index < -0.39 is 23.6 Å². The van der Waals surface area contributed by atoms with Crippen LogP contribution in [0.5, 0.6) is 0 Å². The van der Waals surface area contributed by atoms with Crippen LogP contribution in [0.2, 0.25) is 0 Å². The lowest BCUT2D eigenvalue weighted by Gasteiger charge is -2.36. The van der Waals surface area contributed by atoms with Crippen molar-refractivity contribution in [1.29, 1.82) is 0 Å². The van der Waals surface area contributed by atoms with Crippen molar-refractivity contribution in [3.63, 3.8) is 0 Å². The van der Waals surface area contributed by atoms with E-state index in [1.807, 2.05) is 86.8 Å². The number of carbonyl (C=O) groups excluding carboxylic acids is 5. The first-order valence-corrected chi connectivity index (χ1v) is 26.3. The second-order valence-electron chi connectivity index (χ2n) is 20.8. The van der Waals surface area contributed by atoms with Gasteiger partial charge in [-0.25, -0.2) is 15.0 Å². The predicted molar refractivity (Wildman–Crippen MR) is 279 cm³/mol. The number of aromatic nitrogens is 5. The number of pyridine rings is 1. The van der Waals surface area contributed by atoms with Crippen LogP contribution in [0.25, 0.3) is 21.5 Å². The molecule has 384 valence electrons. The number of fused-ring (bicyclic) bond motifs is 1. The minimum atomic E-state index is -0.891. The van der Waals surface area contributed by atoms with Crippen LogP contribution in [0, 0.1) is 12.3 Å². The quantitative estimate of drug-likeness (QED) is 0.0683. The van der Waals surface area contributed by atoms with E-state index in [-0.39, 0.29) is 61.5 Å². The van der Waals surface area contributed by atoms with Gasteiger partial charge in [-0.05, 0) is 67.3 Å². The van der Waals surface area contributed by atoms with Gasteiger partial charge in [0.05, 0.1) is 34.1 Å². The summed E-state index contributed by atoms with van der Waals surface area (Å²) in [4.78, 5) is 93.7. The molecule has 0 radical (unpaired) electrons. The maximum absolute atomic E-state index is 14.1. The van der Waals surface area contributed by atoms with Gasteiger partial charge in [0.1, 0.15) is 29.2 Å². The Kier molecular flexibility index (Phi) is 16.5. The van der Waals surface area contributed by atoms with Gasteiger partial charge in [0, 0.05) is 90.3 Å². The summed E-state index contributed by atoms with van der Waals surface area (Å²) in [5, 5.41) is 20.6. The van der Waals surface area contributed by atoms with E-state index in [1.54, 1.807) is 36.5 Å². The number of likely N-dealkylation sites (tertiary alicyclic amines) is 1. The second kappa shape index (κ2) is 22.9. The lowest BCUT2D eigenvalue weighted by atomic mass is 9.85. The monoisotopic (exact) mass is 1000 g/mol. The Bertz CT molecular complexity index is 2700. The molecule has 18 nitrogen and oxygen atoms in total. The molecule has 72 heavy (non-hydrogen) atoms. The predicted octanol–water partition coefficient (Wildman–Crippen LogP) is 6.62. The summed E-state index contributed by atoms with van der Waals surface area (Å²) in [5.74, 6) is 0.107. The number of aliphatic hydroxyl groups is 1. The number of carbonyl (C=O) groups is 5. The average Bonchev–Trinajstić information content (AvgIpc) is 4.20. The Hall–Kier alpha value is -6.47. The molecule has 19 heteroatoms. The van der Waals surface area contributed by atoms with Gasteiger partial charge in [-0.3, -0.25) is 24.0 Å². The highest BCUT2D eigenvalue weighted by atomic mass is 32.1. The number of piperazine rings is 1. The zero-order chi connectivity index (χ0) is 51.1. The molecule has 5 amide bonds. The summed E-state index contributed by atoms with van der Waals surface area (Å²) < 4.78 is 2.09. The van der Waals surface area contributed by atoms with E-state index >= 15 is 0 Å². The fraction of sp³-hybridized carbons (Fsp3) is 0.528. The third kappa shape index (κ3) is 12.4. The van der Waals surface area contributed by atoms with E-state index in [2.05, 4.69) is 40.4 Å². The van der Waals surface area contributed by atoms with Crippen molar-refractivity contribution >= 4 is 69.4 Å². The summed E-state index contributed by atoms with van der Waals surface area (Å²) in [6.07, 6.45) is 10.7. The number of thiazole rings is 1. The van der Waals surface area contributed by atoms with Gasteiger partial charge >= 0.3 is 0 Å². The molecular formula is C53H70N12O6S. The van der Waals surface area contributed by atoms with Crippen molar-refractivity contribution in [3.8, 4) is 10.4 Å². The van der Waals surface area contributed by atoms with E-state index in [0.29, 0.717) is 56.5 Å². The average molecular weight is 1000 g/mol. The molecule has 0 bridgehead atoms. The number of unbranched alkanes of at least 4 members (excludes halogenated alkanes) is 3. The molecule has 8 rings (SSSR count). The molecule has 2 saturated heterocycles. The van der Waals surface area contributed by atoms with Crippen LogP contribution in [-0.4, -0.2) is 139 Å². The number of amides is 5. The minimum Gasteiger partial charge on any atom is -0.391 e. The highest BCUT2D eigenvalue weighted by molar-refractivity contribution is 7.13. The molecule has 0 spiro atoms. The third-order valence-electron chi connectivity index (χ3n) is 14.1. The van der Waals surface area contributed by atoms with Gasteiger partial charge in [-0.15, -0.1) is 11.3 Å². The summed E-state index contributed by atoms with van der Waals surface area (Å²) in [6.45, 7) is 10.5. The smallest absolute Gasteiger partial charge is 0.270 e. The number of hydrogen-bond donors (Lipinski definition) is 4. The largest absolute Gasteiger partial charge is 0.391 e. The van der Waals surface area contributed by atoms with Crippen LogP contribution in [-0.2, 0) is 25.7 Å². The van der Waals surface area contributed by atoms with Crippen molar-refractivity contribution in [1.82, 2.24) is 49.8 Å². The molecule has 1 unspecified atom stereocenters. The first-order valence-electron chi connectivity index (χ1n) is 25.4. The number of β-amino-alcohol motifs (C(OH)–C–C–N with tert-alkyl or cyclic N) is 1. The molecule has 4 N–H and O–H groups in total. The van der Waals surface area contributed by atoms with Crippen LogP contribution in [0.1, 0.15) is 119 Å². The number of rotatable bonds is 18. The van der Waals surface area contributed by atoms with Gasteiger partial charge < -0.3 is 45.2 Å². The number of nitrogens with zero attached hydrogens (tertiary/aromatic N) is 9. The highest BCUT2D eigenvalue weighted by Crippen LogP contribution is 2.35. The lowest BCUT2D eigenvalue weighted by Crippen LogP contribution is -2.57. The van der Waals surface area contributed by atoms with E-state index in [1.165, 1.54) is 4.90 Å². The zero-order valence-electron chi connectivity index (χ0n) is 42.5. The number of nitrogens with one attached hydrogen (secondary N) is 3. The zero-order valence-corrected chi connectivity index (χ0v) is 43.3. The molecule has 3 fully saturated rings. The Morgan fingerprint density at radius 2 is 1.61 bits per heavy atom. The van der Waals surface area contributed by atoms with Crippen LogP contribution < -0.4 is 20.9 Å². The molecule has 1 aromatic carbocycles. The highest BCUT2D eigenvalue weighted by Gasteiger charge is 2.44. The van der Waals surface area contributed by atoms with E-state index in [9.17, 15) is 29.1 Å². The Morgan fingerprint density at radius 1 is 0.889 bits per heavy atom. The molecule has 2 aliphatic heterocycles. The van der Waals surface area contributed by atoms with Gasteiger partial charge in [-0.2, -0.15) is 4.98 Å². The van der Waals surface area contributed by atoms with Gasteiger partial charge in [0.25, 0.3) is 5.91 Å². The van der Waals surface area contributed by atoms with Crippen molar-refractivity contribution in [2.45, 2.75) is 129 Å². The molecule has 4 aromatic heterocycles. The first-order chi connectivity index (χ1) is 34.5. The van der Waals surface area contributed by atoms with E-state index in [4.69, 9.17) is 4.98 Å². The van der Waals surface area contributed by atoms with Crippen molar-refractivity contribution in [2.75, 3.05) is 57.0 Å². The minimum absolute atomic E-state index is 0.0109. The maximum Gasteiger partial charge on any atom is 0.270 e. The standard InChI is InChI=1S/C53H70N12O6S/c1-34-46(72-33-57-34)36-19-17-35(18-20-36)29-55-49(69)41-28-40(66)32-64(41)51(71)47(53(2,3)4)59-44(67)15-9-7-8-10-16-45(68)63-25-23-62(24-26-63)39-21-22-43(54-31-39)58-52-56-30-37-27-42(50(70)61(5)6)65(48(37)60-52)38-13-11-12-14-38/h17-22,27,30-31,33,38,40-41,47,66H,7-16,23-26,28-29,32H2,1-6H3,(H,55,69)(H,59,67)(H,54,56,58,60)/t40-,41?,47-/m1/s1. The SMILES string of the molecule is Cc1ncsc1-c1ccc(CNC(=O)C2C[C@@H](O)CN2C(=O)[C@@H](NC(=O)CCCCCCC(=O)N2CCN(c3ccc(Nc4ncc5cc(C(=O)N(C)C)n(C6CCCC6)c5n4)nc3)CC2)C(C)(C)C)cc1. The number of benzene rings is 1. The van der Waals surface area contributed by atoms with Crippen LogP contribution in [0.15, 0.2) is 60.4 Å². The number of hydrogen-bond acceptors (Lipinski definition) is 13. The molecule has 5 aromatic rings. The molecule has 6 heterocycles. The number of aliphatic hydroxyl groups excluding tert-OH is 1. The summed E-state index contributed by atoms with van der Waals surface area (Å²) in [5.41, 5.74) is 6.44. The third-order valence-corrected chi connectivity index (χ3v) is 15.1. The second-order valence-corrected chi connectivity index (χ2v) is 21.6. The number of aryl methyl sites for hydroxylation is 1.